The average Bonchev–Trinajstić information content (AvgIpc) is 2.55. The lowest BCUT2D eigenvalue weighted by Gasteiger charge is -2.16. The Hall–Kier alpha value is -2.69. The van der Waals surface area contributed by atoms with E-state index in [2.05, 4.69) is 0 Å². The van der Waals surface area contributed by atoms with E-state index in [9.17, 15) is 14.9 Å². The highest BCUT2D eigenvalue weighted by molar-refractivity contribution is 5.91. The molecule has 0 unspecified atom stereocenters. The van der Waals surface area contributed by atoms with Crippen molar-refractivity contribution in [3.8, 4) is 5.75 Å². The summed E-state index contributed by atoms with van der Waals surface area (Å²) in [6, 6.07) is 11.1. The summed E-state index contributed by atoms with van der Waals surface area (Å²) < 4.78 is 5.36. The molecule has 1 aliphatic rings. The van der Waals surface area contributed by atoms with Crippen LogP contribution >= 0.6 is 0 Å². The molecule has 0 saturated carbocycles. The predicted octanol–water partition coefficient (Wildman–Crippen LogP) is 3.69. The van der Waals surface area contributed by atoms with E-state index in [1.807, 2.05) is 12.1 Å². The van der Waals surface area contributed by atoms with Gasteiger partial charge in [0.15, 0.2) is 0 Å². The lowest BCUT2D eigenvalue weighted by molar-refractivity contribution is -0.384. The van der Waals surface area contributed by atoms with E-state index in [1.54, 1.807) is 6.07 Å². The van der Waals surface area contributed by atoms with E-state index in [-0.39, 0.29) is 5.69 Å². The molecule has 0 aliphatic heterocycles. The molecule has 0 radical (unpaired) electrons. The zero-order valence-corrected chi connectivity index (χ0v) is 12.0. The number of nitrogens with zero attached hydrogens (tertiary/aromatic N) is 1. The van der Waals surface area contributed by atoms with Crippen molar-refractivity contribution >= 4 is 11.7 Å². The highest BCUT2D eigenvalue weighted by Crippen LogP contribution is 2.26. The first kappa shape index (κ1) is 14.3. The van der Waals surface area contributed by atoms with Gasteiger partial charge in [0.25, 0.3) is 5.69 Å². The SMILES string of the molecule is O=C(Oc1ccc2c(c1)CCCC2)c1ccc([N+](=O)[O-])cc1. The third-order valence-corrected chi connectivity index (χ3v) is 3.84. The molecule has 0 N–H and O–H groups in total. The van der Waals surface area contributed by atoms with E-state index in [1.165, 1.54) is 41.8 Å². The molecule has 1 aliphatic carbocycles. The van der Waals surface area contributed by atoms with Gasteiger partial charge in [-0.25, -0.2) is 4.79 Å². The van der Waals surface area contributed by atoms with Gasteiger partial charge < -0.3 is 4.74 Å². The molecule has 0 saturated heterocycles. The van der Waals surface area contributed by atoms with E-state index in [0.29, 0.717) is 11.3 Å². The number of non-ortho nitro benzene ring substituents is 1. The summed E-state index contributed by atoms with van der Waals surface area (Å²) in [5, 5.41) is 10.6. The number of carbonyl (C=O) groups excluding carboxylic acids is 1. The lowest BCUT2D eigenvalue weighted by Crippen LogP contribution is -2.10. The highest BCUT2D eigenvalue weighted by Gasteiger charge is 2.14. The lowest BCUT2D eigenvalue weighted by atomic mass is 9.92. The summed E-state index contributed by atoms with van der Waals surface area (Å²) in [5.41, 5.74) is 2.80. The maximum absolute atomic E-state index is 12.1. The molecule has 5 nitrogen and oxygen atoms in total. The first-order valence-electron chi connectivity index (χ1n) is 7.22. The third-order valence-electron chi connectivity index (χ3n) is 3.84. The number of aryl methyl sites for hydroxylation is 2. The van der Waals surface area contributed by atoms with Crippen molar-refractivity contribution in [3.63, 3.8) is 0 Å². The minimum absolute atomic E-state index is 0.0506. The van der Waals surface area contributed by atoms with E-state index in [0.717, 1.165) is 19.3 Å². The fraction of sp³-hybridized carbons (Fsp3) is 0.235. The first-order valence-corrected chi connectivity index (χ1v) is 7.22. The summed E-state index contributed by atoms with van der Waals surface area (Å²) in [7, 11) is 0. The Morgan fingerprint density at radius 1 is 1.00 bits per heavy atom. The van der Waals surface area contributed by atoms with Crippen molar-refractivity contribution < 1.29 is 14.5 Å². The molecule has 0 amide bonds. The largest absolute Gasteiger partial charge is 0.423 e. The Morgan fingerprint density at radius 3 is 2.36 bits per heavy atom. The summed E-state index contributed by atoms with van der Waals surface area (Å²) in [5.74, 6) is 0.00894. The number of rotatable bonds is 3. The number of nitro groups is 1. The van der Waals surface area contributed by atoms with Crippen LogP contribution in [0.25, 0.3) is 0 Å². The first-order chi connectivity index (χ1) is 10.6. The van der Waals surface area contributed by atoms with E-state index < -0.39 is 10.9 Å². The van der Waals surface area contributed by atoms with Crippen LogP contribution in [-0.4, -0.2) is 10.9 Å². The van der Waals surface area contributed by atoms with Gasteiger partial charge in [0.1, 0.15) is 5.75 Å². The quantitative estimate of drug-likeness (QED) is 0.375. The molecule has 0 aromatic heterocycles. The minimum Gasteiger partial charge on any atom is -0.423 e. The number of hydrogen-bond donors (Lipinski definition) is 0. The molecule has 0 atom stereocenters. The molecule has 2 aromatic rings. The van der Waals surface area contributed by atoms with Crippen LogP contribution in [0.2, 0.25) is 0 Å². The smallest absolute Gasteiger partial charge is 0.343 e. The Bertz CT molecular complexity index is 722. The number of fused-ring (bicyclic) bond motifs is 1. The summed E-state index contributed by atoms with van der Waals surface area (Å²) >= 11 is 0. The zero-order chi connectivity index (χ0) is 15.5. The number of carbonyl (C=O) groups is 1. The van der Waals surface area contributed by atoms with Crippen LogP contribution < -0.4 is 4.74 Å². The number of nitro benzene ring substituents is 1. The summed E-state index contributed by atoms with van der Waals surface area (Å²) in [6.45, 7) is 0. The maximum atomic E-state index is 12.1. The van der Waals surface area contributed by atoms with Gasteiger partial charge in [-0.3, -0.25) is 10.1 Å². The monoisotopic (exact) mass is 297 g/mol. The average molecular weight is 297 g/mol. The minimum atomic E-state index is -0.509. The molecule has 112 valence electrons. The number of hydrogen-bond acceptors (Lipinski definition) is 4. The number of ether oxygens (including phenoxy) is 1. The Kier molecular flexibility index (Phi) is 3.87. The highest BCUT2D eigenvalue weighted by atomic mass is 16.6. The standard InChI is InChI=1S/C17H15NO4/c19-17(13-5-8-15(9-6-13)18(20)21)22-16-10-7-12-3-1-2-4-14(12)11-16/h5-11H,1-4H2. The van der Waals surface area contributed by atoms with Gasteiger partial charge in [-0.05, 0) is 61.1 Å². The van der Waals surface area contributed by atoms with E-state index >= 15 is 0 Å². The predicted molar refractivity (Wildman–Crippen MR) is 81.1 cm³/mol. The molecule has 22 heavy (non-hydrogen) atoms. The fourth-order valence-electron chi connectivity index (χ4n) is 2.66. The molecule has 0 heterocycles. The molecule has 0 bridgehead atoms. The van der Waals surface area contributed by atoms with Gasteiger partial charge in [-0.15, -0.1) is 0 Å². The number of esters is 1. The van der Waals surface area contributed by atoms with Gasteiger partial charge in [0, 0.05) is 12.1 Å². The van der Waals surface area contributed by atoms with Crippen molar-refractivity contribution in [2.45, 2.75) is 25.7 Å². The molecular formula is C17H15NO4. The Balaban J connectivity index is 1.75. The van der Waals surface area contributed by atoms with Gasteiger partial charge in [0.05, 0.1) is 10.5 Å². The zero-order valence-electron chi connectivity index (χ0n) is 12.0. The molecule has 0 fully saturated rings. The fourth-order valence-corrected chi connectivity index (χ4v) is 2.66. The molecule has 5 heteroatoms. The van der Waals surface area contributed by atoms with Crippen LogP contribution in [0.5, 0.6) is 5.75 Å². The molecule has 2 aromatic carbocycles. The maximum Gasteiger partial charge on any atom is 0.343 e. The van der Waals surface area contributed by atoms with Crippen LogP contribution in [0.3, 0.4) is 0 Å². The second-order valence-corrected chi connectivity index (χ2v) is 5.33. The van der Waals surface area contributed by atoms with Crippen LogP contribution in [0, 0.1) is 10.1 Å². The Morgan fingerprint density at radius 2 is 1.68 bits per heavy atom. The number of benzene rings is 2. The molecular weight excluding hydrogens is 282 g/mol. The van der Waals surface area contributed by atoms with Crippen LogP contribution in [-0.2, 0) is 12.8 Å². The second-order valence-electron chi connectivity index (χ2n) is 5.33. The van der Waals surface area contributed by atoms with Crippen LogP contribution in [0.1, 0.15) is 34.3 Å². The van der Waals surface area contributed by atoms with Gasteiger partial charge in [-0.2, -0.15) is 0 Å². The van der Waals surface area contributed by atoms with Crippen molar-refractivity contribution in [1.82, 2.24) is 0 Å². The summed E-state index contributed by atoms with van der Waals surface area (Å²) in [6.07, 6.45) is 4.45. The van der Waals surface area contributed by atoms with Crippen molar-refractivity contribution in [2.24, 2.45) is 0 Å². The normalized spacial score (nSPS) is 13.3. The van der Waals surface area contributed by atoms with Crippen LogP contribution in [0.15, 0.2) is 42.5 Å². The second kappa shape index (κ2) is 5.97. The van der Waals surface area contributed by atoms with Crippen molar-refractivity contribution in [2.75, 3.05) is 0 Å². The molecule has 3 rings (SSSR count). The topological polar surface area (TPSA) is 69.4 Å². The molecule has 0 spiro atoms. The van der Waals surface area contributed by atoms with E-state index in [4.69, 9.17) is 4.74 Å². The Labute approximate surface area is 127 Å². The third kappa shape index (κ3) is 2.98. The van der Waals surface area contributed by atoms with Gasteiger partial charge >= 0.3 is 5.97 Å². The van der Waals surface area contributed by atoms with Crippen molar-refractivity contribution in [3.05, 3.63) is 69.3 Å². The van der Waals surface area contributed by atoms with Crippen molar-refractivity contribution in [1.29, 1.82) is 0 Å². The summed E-state index contributed by atoms with van der Waals surface area (Å²) in [4.78, 5) is 22.2. The van der Waals surface area contributed by atoms with Gasteiger partial charge in [0.2, 0.25) is 0 Å². The van der Waals surface area contributed by atoms with Crippen LogP contribution in [0.4, 0.5) is 5.69 Å². The van der Waals surface area contributed by atoms with Gasteiger partial charge in [-0.1, -0.05) is 6.07 Å².